The summed E-state index contributed by atoms with van der Waals surface area (Å²) in [5.41, 5.74) is 0. The van der Waals surface area contributed by atoms with E-state index in [9.17, 15) is 18.0 Å². The molecule has 0 radical (unpaired) electrons. The van der Waals surface area contributed by atoms with Crippen LogP contribution < -0.4 is 0 Å². The number of carbonyl (C=O) groups is 1. The van der Waals surface area contributed by atoms with Gasteiger partial charge in [-0.3, -0.25) is 4.79 Å². The Kier molecular flexibility index (Phi) is 3.16. The monoisotopic (exact) mass is 217 g/mol. The molecule has 0 aromatic carbocycles. The number of nitrogens with zero attached hydrogens (tertiary/aromatic N) is 1. The Morgan fingerprint density at radius 1 is 1.25 bits per heavy atom. The maximum absolute atomic E-state index is 11.8. The third-order valence-electron chi connectivity index (χ3n) is 1.19. The zero-order valence-corrected chi connectivity index (χ0v) is 7.56. The van der Waals surface area contributed by atoms with Crippen LogP contribution in [0.2, 0.25) is 0 Å². The molecule has 0 aromatic rings. The van der Waals surface area contributed by atoms with Gasteiger partial charge in [0.2, 0.25) is 0 Å². The van der Waals surface area contributed by atoms with Crippen molar-refractivity contribution >= 4 is 29.4 Å². The zero-order chi connectivity index (χ0) is 9.19. The van der Waals surface area contributed by atoms with Crippen LogP contribution in [0.4, 0.5) is 13.2 Å². The fourth-order valence-electron chi connectivity index (χ4n) is 0.688. The fourth-order valence-corrected chi connectivity index (χ4v) is 2.73. The minimum absolute atomic E-state index is 0.144. The Bertz CT molecular complexity index is 178. The first kappa shape index (κ1) is 10.0. The topological polar surface area (TPSA) is 20.3 Å². The second kappa shape index (κ2) is 3.78. The van der Waals surface area contributed by atoms with Crippen LogP contribution in [-0.2, 0) is 4.79 Å². The van der Waals surface area contributed by atoms with E-state index in [1.807, 2.05) is 0 Å². The van der Waals surface area contributed by atoms with Gasteiger partial charge in [-0.15, -0.1) is 23.5 Å². The van der Waals surface area contributed by atoms with Crippen molar-refractivity contribution in [1.29, 1.82) is 0 Å². The molecular weight excluding hydrogens is 211 g/mol. The molecule has 1 aliphatic heterocycles. The van der Waals surface area contributed by atoms with Crippen LogP contribution in [0, 0.1) is 0 Å². The summed E-state index contributed by atoms with van der Waals surface area (Å²) in [5, 5.41) is 0.752. The highest BCUT2D eigenvalue weighted by Gasteiger charge is 2.42. The fraction of sp³-hybridized carbons (Fsp3) is 0.800. The molecule has 7 heteroatoms. The smallest absolute Gasteiger partial charge is 0.316 e. The second-order valence-corrected chi connectivity index (χ2v) is 4.40. The molecule has 2 nitrogen and oxygen atoms in total. The molecule has 1 fully saturated rings. The van der Waals surface area contributed by atoms with Gasteiger partial charge in [-0.25, -0.2) is 0 Å². The van der Waals surface area contributed by atoms with Gasteiger partial charge in [0.15, 0.2) is 0 Å². The lowest BCUT2D eigenvalue weighted by Crippen LogP contribution is -2.41. The summed E-state index contributed by atoms with van der Waals surface area (Å²) in [4.78, 5) is 11.4. The van der Waals surface area contributed by atoms with E-state index < -0.39 is 12.1 Å². The van der Waals surface area contributed by atoms with E-state index in [-0.39, 0.29) is 11.8 Å². The maximum atomic E-state index is 11.8. The van der Waals surface area contributed by atoms with E-state index in [0.29, 0.717) is 0 Å². The molecule has 0 N–H and O–H groups in total. The molecule has 1 rings (SSSR count). The molecule has 0 saturated carbocycles. The highest BCUT2D eigenvalue weighted by atomic mass is 32.2. The van der Waals surface area contributed by atoms with Gasteiger partial charge in [-0.05, 0) is 0 Å². The van der Waals surface area contributed by atoms with E-state index in [4.69, 9.17) is 0 Å². The van der Waals surface area contributed by atoms with E-state index in [2.05, 4.69) is 0 Å². The Hall–Kier alpha value is -0.0400. The van der Waals surface area contributed by atoms with Crippen LogP contribution in [0.25, 0.3) is 0 Å². The van der Waals surface area contributed by atoms with E-state index in [1.54, 1.807) is 0 Å². The summed E-state index contributed by atoms with van der Waals surface area (Å²) >= 11 is 2.63. The lowest BCUT2D eigenvalue weighted by molar-refractivity contribution is -0.183. The molecule has 1 heterocycles. The maximum Gasteiger partial charge on any atom is 0.471 e. The van der Waals surface area contributed by atoms with Gasteiger partial charge in [0.25, 0.3) is 0 Å². The predicted molar refractivity (Wildman–Crippen MR) is 42.7 cm³/mol. The van der Waals surface area contributed by atoms with Crippen molar-refractivity contribution in [2.45, 2.75) is 6.18 Å². The molecule has 1 amide bonds. The van der Waals surface area contributed by atoms with Crippen LogP contribution in [-0.4, -0.2) is 33.8 Å². The zero-order valence-electron chi connectivity index (χ0n) is 5.93. The molecule has 1 saturated heterocycles. The van der Waals surface area contributed by atoms with Gasteiger partial charge < -0.3 is 4.90 Å². The van der Waals surface area contributed by atoms with Gasteiger partial charge in [0.05, 0.1) is 11.8 Å². The molecule has 0 unspecified atom stereocenters. The SMILES string of the molecule is O=C(N1CSCSC1)C(F)(F)F. The largest absolute Gasteiger partial charge is 0.471 e. The highest BCUT2D eigenvalue weighted by Crippen LogP contribution is 2.26. The normalized spacial score (nSPS) is 19.4. The van der Waals surface area contributed by atoms with Crippen LogP contribution in [0.1, 0.15) is 0 Å². The van der Waals surface area contributed by atoms with Crippen LogP contribution >= 0.6 is 23.5 Å². The summed E-state index contributed by atoms with van der Waals surface area (Å²) in [5.74, 6) is -1.45. The molecule has 0 atom stereocenters. The standard InChI is InChI=1S/C5H6F3NOS2/c6-5(7,8)4(10)9-1-11-3-12-2-9/h1-3H2. The van der Waals surface area contributed by atoms with Gasteiger partial charge in [-0.1, -0.05) is 0 Å². The number of halogens is 3. The molecule has 0 bridgehead atoms. The van der Waals surface area contributed by atoms with Crippen LogP contribution in [0.15, 0.2) is 0 Å². The second-order valence-electron chi connectivity index (χ2n) is 2.13. The third-order valence-corrected chi connectivity index (χ3v) is 3.51. The Balaban J connectivity index is 2.51. The number of alkyl halides is 3. The number of hydrogen-bond donors (Lipinski definition) is 0. The van der Waals surface area contributed by atoms with Crippen molar-refractivity contribution in [3.8, 4) is 0 Å². The average Bonchev–Trinajstić information content (AvgIpc) is 2.03. The number of amides is 1. The third kappa shape index (κ3) is 2.48. The van der Waals surface area contributed by atoms with Crippen molar-refractivity contribution in [2.24, 2.45) is 0 Å². The first-order chi connectivity index (χ1) is 5.52. The Morgan fingerprint density at radius 2 is 1.75 bits per heavy atom. The van der Waals surface area contributed by atoms with Gasteiger partial charge in [0.1, 0.15) is 0 Å². The van der Waals surface area contributed by atoms with Crippen molar-refractivity contribution in [2.75, 3.05) is 16.8 Å². The van der Waals surface area contributed by atoms with E-state index >= 15 is 0 Å². The highest BCUT2D eigenvalue weighted by molar-refractivity contribution is 8.16. The molecular formula is C5H6F3NOS2. The summed E-state index contributed by atoms with van der Waals surface area (Å²) in [6, 6.07) is 0. The number of carbonyl (C=O) groups excluding carboxylic acids is 1. The minimum atomic E-state index is -4.72. The van der Waals surface area contributed by atoms with Crippen molar-refractivity contribution < 1.29 is 18.0 Å². The molecule has 70 valence electrons. The molecule has 0 aromatic heterocycles. The quantitative estimate of drug-likeness (QED) is 0.616. The van der Waals surface area contributed by atoms with Crippen LogP contribution in [0.3, 0.4) is 0 Å². The lowest BCUT2D eigenvalue weighted by atomic mass is 10.5. The van der Waals surface area contributed by atoms with Gasteiger partial charge >= 0.3 is 12.1 Å². The molecule has 0 aliphatic carbocycles. The van der Waals surface area contributed by atoms with Crippen molar-refractivity contribution in [3.63, 3.8) is 0 Å². The summed E-state index contributed by atoms with van der Waals surface area (Å²) in [7, 11) is 0. The molecule has 1 aliphatic rings. The van der Waals surface area contributed by atoms with Crippen molar-refractivity contribution in [3.05, 3.63) is 0 Å². The van der Waals surface area contributed by atoms with E-state index in [0.717, 1.165) is 9.98 Å². The summed E-state index contributed by atoms with van der Waals surface area (Å²) in [6.07, 6.45) is -4.72. The predicted octanol–water partition coefficient (Wildman–Crippen LogP) is 1.73. The van der Waals surface area contributed by atoms with Gasteiger partial charge in [0, 0.05) is 5.08 Å². The van der Waals surface area contributed by atoms with Crippen molar-refractivity contribution in [1.82, 2.24) is 4.90 Å². The number of rotatable bonds is 0. The average molecular weight is 217 g/mol. The number of thioether (sulfide) groups is 2. The first-order valence-corrected chi connectivity index (χ1v) is 5.34. The van der Waals surface area contributed by atoms with Gasteiger partial charge in [-0.2, -0.15) is 13.2 Å². The summed E-state index contributed by atoms with van der Waals surface area (Å²) in [6.45, 7) is 0. The summed E-state index contributed by atoms with van der Waals surface area (Å²) < 4.78 is 35.5. The Morgan fingerprint density at radius 3 is 2.17 bits per heavy atom. The van der Waals surface area contributed by atoms with Crippen LogP contribution in [0.5, 0.6) is 0 Å². The first-order valence-electron chi connectivity index (χ1n) is 3.03. The number of hydrogen-bond acceptors (Lipinski definition) is 3. The molecule has 12 heavy (non-hydrogen) atoms. The Labute approximate surface area is 75.9 Å². The minimum Gasteiger partial charge on any atom is -0.316 e. The lowest BCUT2D eigenvalue weighted by Gasteiger charge is -2.26. The van der Waals surface area contributed by atoms with E-state index in [1.165, 1.54) is 23.5 Å². The molecule has 0 spiro atoms.